The van der Waals surface area contributed by atoms with Gasteiger partial charge in [0.1, 0.15) is 11.8 Å². The van der Waals surface area contributed by atoms with Crippen molar-refractivity contribution in [2.24, 2.45) is 0 Å². The van der Waals surface area contributed by atoms with Gasteiger partial charge in [-0.05, 0) is 49.6 Å². The first kappa shape index (κ1) is 28.6. The number of rotatable bonds is 13. The molecule has 0 saturated carbocycles. The second-order valence-corrected chi connectivity index (χ2v) is 11.1. The zero-order valence-corrected chi connectivity index (χ0v) is 23.1. The first-order chi connectivity index (χ1) is 16.6. The van der Waals surface area contributed by atoms with Gasteiger partial charge >= 0.3 is 0 Å². The second-order valence-electron chi connectivity index (χ2n) is 8.23. The quantitative estimate of drug-likeness (QED) is 0.395. The van der Waals surface area contributed by atoms with Crippen LogP contribution in [-0.2, 0) is 26.2 Å². The van der Waals surface area contributed by atoms with Crippen molar-refractivity contribution < 1.29 is 22.7 Å². The molecule has 0 fully saturated rings. The van der Waals surface area contributed by atoms with Crippen molar-refractivity contribution >= 4 is 43.5 Å². The smallest absolute Gasteiger partial charge is 0.242 e. The van der Waals surface area contributed by atoms with Crippen LogP contribution in [0, 0.1) is 0 Å². The van der Waals surface area contributed by atoms with Gasteiger partial charge in [0.2, 0.25) is 21.8 Å². The lowest BCUT2D eigenvalue weighted by Gasteiger charge is -2.29. The molecule has 0 unspecified atom stereocenters. The number of carbonyl (C=O) groups is 2. The van der Waals surface area contributed by atoms with Crippen molar-refractivity contribution in [1.82, 2.24) is 10.2 Å². The Morgan fingerprint density at radius 1 is 1.14 bits per heavy atom. The van der Waals surface area contributed by atoms with Gasteiger partial charge in [-0.1, -0.05) is 47.1 Å². The van der Waals surface area contributed by atoms with Gasteiger partial charge in [0.05, 0.1) is 19.1 Å². The fourth-order valence-electron chi connectivity index (χ4n) is 3.63. The van der Waals surface area contributed by atoms with E-state index in [1.807, 2.05) is 31.2 Å². The molecule has 0 saturated heterocycles. The SMILES string of the molecule is CCCNC(=O)[C@@H](C)N(Cc1cccc(Br)c1)C(=O)CCCN(c1ccccc1OC)S(C)(=O)=O. The van der Waals surface area contributed by atoms with E-state index in [1.165, 1.54) is 11.4 Å². The summed E-state index contributed by atoms with van der Waals surface area (Å²) in [5, 5.41) is 2.85. The summed E-state index contributed by atoms with van der Waals surface area (Å²) < 4.78 is 32.4. The van der Waals surface area contributed by atoms with Gasteiger partial charge < -0.3 is 15.0 Å². The molecule has 1 atom stereocenters. The Hall–Kier alpha value is -2.59. The number of benzene rings is 2. The standard InChI is InChI=1S/C25H34BrN3O5S/c1-5-15-27-25(31)19(2)28(18-20-10-8-11-21(26)17-20)24(30)14-9-16-29(35(4,32)33)22-12-6-7-13-23(22)34-3/h6-8,10-13,17,19H,5,9,14-16,18H2,1-4H3,(H,27,31)/t19-/m1/s1. The van der Waals surface area contributed by atoms with E-state index in [-0.39, 0.29) is 37.7 Å². The number of nitrogens with zero attached hydrogens (tertiary/aromatic N) is 2. The topological polar surface area (TPSA) is 96.0 Å². The van der Waals surface area contributed by atoms with E-state index in [4.69, 9.17) is 4.74 Å². The molecule has 35 heavy (non-hydrogen) atoms. The Morgan fingerprint density at radius 3 is 2.49 bits per heavy atom. The van der Waals surface area contributed by atoms with Gasteiger partial charge in [-0.15, -0.1) is 0 Å². The van der Waals surface area contributed by atoms with Crippen molar-refractivity contribution in [3.05, 3.63) is 58.6 Å². The average molecular weight is 569 g/mol. The predicted molar refractivity (Wildman–Crippen MR) is 142 cm³/mol. The van der Waals surface area contributed by atoms with Gasteiger partial charge in [0, 0.05) is 30.5 Å². The van der Waals surface area contributed by atoms with E-state index < -0.39 is 16.1 Å². The van der Waals surface area contributed by atoms with Crippen LogP contribution in [0.15, 0.2) is 53.0 Å². The summed E-state index contributed by atoms with van der Waals surface area (Å²) in [7, 11) is -2.12. The fourth-order valence-corrected chi connectivity index (χ4v) is 5.04. The number of ether oxygens (including phenoxy) is 1. The van der Waals surface area contributed by atoms with Crippen LogP contribution in [0.4, 0.5) is 5.69 Å². The zero-order chi connectivity index (χ0) is 26.0. The Morgan fingerprint density at radius 2 is 1.86 bits per heavy atom. The van der Waals surface area contributed by atoms with Crippen molar-refractivity contribution in [1.29, 1.82) is 0 Å². The Bertz CT molecular complexity index is 1110. The monoisotopic (exact) mass is 567 g/mol. The van der Waals surface area contributed by atoms with E-state index in [1.54, 1.807) is 36.1 Å². The molecule has 2 aromatic carbocycles. The predicted octanol–water partition coefficient (Wildman–Crippen LogP) is 3.95. The summed E-state index contributed by atoms with van der Waals surface area (Å²) in [6, 6.07) is 13.8. The first-order valence-corrected chi connectivity index (χ1v) is 14.1. The van der Waals surface area contributed by atoms with Crippen LogP contribution in [0.1, 0.15) is 38.7 Å². The fraction of sp³-hybridized carbons (Fsp3) is 0.440. The summed E-state index contributed by atoms with van der Waals surface area (Å²) >= 11 is 3.44. The summed E-state index contributed by atoms with van der Waals surface area (Å²) in [5.74, 6) is -0.0127. The molecule has 0 aromatic heterocycles. The molecule has 0 heterocycles. The minimum atomic E-state index is -3.60. The maximum atomic E-state index is 13.3. The number of anilines is 1. The lowest BCUT2D eigenvalue weighted by atomic mass is 10.1. The van der Waals surface area contributed by atoms with E-state index in [9.17, 15) is 18.0 Å². The molecule has 192 valence electrons. The van der Waals surface area contributed by atoms with Crippen LogP contribution in [0.3, 0.4) is 0 Å². The van der Waals surface area contributed by atoms with Gasteiger partial charge in [-0.3, -0.25) is 13.9 Å². The maximum Gasteiger partial charge on any atom is 0.242 e. The molecule has 1 N–H and O–H groups in total. The molecular weight excluding hydrogens is 534 g/mol. The molecule has 0 radical (unpaired) electrons. The molecule has 2 rings (SSSR count). The van der Waals surface area contributed by atoms with Crippen LogP contribution in [0.5, 0.6) is 5.75 Å². The third-order valence-corrected chi connectivity index (χ3v) is 7.14. The summed E-state index contributed by atoms with van der Waals surface area (Å²) in [6.45, 7) is 4.57. The number of amides is 2. The van der Waals surface area contributed by atoms with Crippen molar-refractivity contribution in [2.45, 2.75) is 45.7 Å². The third kappa shape index (κ3) is 8.54. The lowest BCUT2D eigenvalue weighted by molar-refractivity contribution is -0.140. The van der Waals surface area contributed by atoms with Crippen LogP contribution in [-0.4, -0.2) is 57.6 Å². The number of halogens is 1. The molecule has 8 nitrogen and oxygen atoms in total. The van der Waals surface area contributed by atoms with Gasteiger partial charge in [0.15, 0.2) is 0 Å². The number of methoxy groups -OCH3 is 1. The third-order valence-electron chi connectivity index (χ3n) is 5.46. The number of hydrogen-bond donors (Lipinski definition) is 1. The van der Waals surface area contributed by atoms with Crippen LogP contribution in [0.25, 0.3) is 0 Å². The van der Waals surface area contributed by atoms with Crippen LogP contribution < -0.4 is 14.4 Å². The zero-order valence-electron chi connectivity index (χ0n) is 20.7. The van der Waals surface area contributed by atoms with Gasteiger partial charge in [0.25, 0.3) is 0 Å². The van der Waals surface area contributed by atoms with E-state index >= 15 is 0 Å². The Kier molecular flexibility index (Phi) is 11.0. The minimum Gasteiger partial charge on any atom is -0.495 e. The number of hydrogen-bond acceptors (Lipinski definition) is 5. The highest BCUT2D eigenvalue weighted by molar-refractivity contribution is 9.10. The number of carbonyl (C=O) groups excluding carboxylic acids is 2. The van der Waals surface area contributed by atoms with Gasteiger partial charge in [-0.25, -0.2) is 8.42 Å². The molecule has 0 spiro atoms. The van der Waals surface area contributed by atoms with Gasteiger partial charge in [-0.2, -0.15) is 0 Å². The average Bonchev–Trinajstić information content (AvgIpc) is 2.82. The second kappa shape index (κ2) is 13.5. The van der Waals surface area contributed by atoms with Crippen LogP contribution >= 0.6 is 15.9 Å². The lowest BCUT2D eigenvalue weighted by Crippen LogP contribution is -2.47. The van der Waals surface area contributed by atoms with Crippen molar-refractivity contribution in [2.75, 3.05) is 30.8 Å². The first-order valence-electron chi connectivity index (χ1n) is 11.5. The maximum absolute atomic E-state index is 13.3. The van der Waals surface area contributed by atoms with Crippen molar-refractivity contribution in [3.8, 4) is 5.75 Å². The highest BCUT2D eigenvalue weighted by Crippen LogP contribution is 2.29. The van der Waals surface area contributed by atoms with Crippen LogP contribution in [0.2, 0.25) is 0 Å². The van der Waals surface area contributed by atoms with E-state index in [2.05, 4.69) is 21.2 Å². The Balaban J connectivity index is 2.18. The molecule has 0 bridgehead atoms. The molecular formula is C25H34BrN3O5S. The summed E-state index contributed by atoms with van der Waals surface area (Å²) in [5.41, 5.74) is 1.30. The molecule has 2 aromatic rings. The number of sulfonamides is 1. The molecule has 0 aliphatic carbocycles. The van der Waals surface area contributed by atoms with E-state index in [0.717, 1.165) is 22.7 Å². The normalized spacial score (nSPS) is 12.0. The Labute approximate surface area is 216 Å². The highest BCUT2D eigenvalue weighted by Gasteiger charge is 2.27. The summed E-state index contributed by atoms with van der Waals surface area (Å²) in [6.07, 6.45) is 2.28. The molecule has 10 heteroatoms. The molecule has 0 aliphatic heterocycles. The van der Waals surface area contributed by atoms with E-state index in [0.29, 0.717) is 18.0 Å². The summed E-state index contributed by atoms with van der Waals surface area (Å²) in [4.78, 5) is 27.5. The molecule has 0 aliphatic rings. The number of nitrogens with one attached hydrogen (secondary N) is 1. The molecule has 2 amide bonds. The minimum absolute atomic E-state index is 0.0839. The largest absolute Gasteiger partial charge is 0.495 e. The highest BCUT2D eigenvalue weighted by atomic mass is 79.9. The number of para-hydroxylation sites is 2. The van der Waals surface area contributed by atoms with Crippen molar-refractivity contribution in [3.63, 3.8) is 0 Å².